The lowest BCUT2D eigenvalue weighted by molar-refractivity contribution is 0.102. The minimum absolute atomic E-state index is 0.123. The van der Waals surface area contributed by atoms with Gasteiger partial charge in [-0.15, -0.1) is 10.2 Å². The van der Waals surface area contributed by atoms with Crippen LogP contribution in [0, 0.1) is 6.92 Å². The normalized spacial score (nSPS) is 11.3. The first-order valence-corrected chi connectivity index (χ1v) is 10.4. The van der Waals surface area contributed by atoms with Crippen molar-refractivity contribution in [2.75, 3.05) is 5.32 Å². The van der Waals surface area contributed by atoms with E-state index in [2.05, 4.69) is 20.6 Å². The van der Waals surface area contributed by atoms with Crippen LogP contribution in [-0.4, -0.2) is 30.9 Å². The highest BCUT2D eigenvalue weighted by Crippen LogP contribution is 2.29. The Morgan fingerprint density at radius 1 is 1.24 bits per heavy atom. The lowest BCUT2D eigenvalue weighted by atomic mass is 10.0. The molecule has 1 aromatic carbocycles. The van der Waals surface area contributed by atoms with Crippen molar-refractivity contribution in [3.05, 3.63) is 52.7 Å². The van der Waals surface area contributed by atoms with Gasteiger partial charge in [-0.05, 0) is 38.8 Å². The van der Waals surface area contributed by atoms with Crippen LogP contribution >= 0.6 is 11.3 Å². The van der Waals surface area contributed by atoms with Crippen molar-refractivity contribution < 1.29 is 4.79 Å². The number of aryl methyl sites for hydroxylation is 2. The maximum Gasteiger partial charge on any atom is 0.258 e. The smallest absolute Gasteiger partial charge is 0.258 e. The van der Waals surface area contributed by atoms with Gasteiger partial charge in [-0.2, -0.15) is 5.10 Å². The van der Waals surface area contributed by atoms with E-state index in [1.807, 2.05) is 62.7 Å². The van der Waals surface area contributed by atoms with Gasteiger partial charge in [-0.25, -0.2) is 9.67 Å². The number of rotatable bonds is 5. The van der Waals surface area contributed by atoms with Crippen molar-refractivity contribution in [3.8, 4) is 11.3 Å². The summed E-state index contributed by atoms with van der Waals surface area (Å²) in [5.41, 5.74) is 4.04. The van der Waals surface area contributed by atoms with Gasteiger partial charge in [0.1, 0.15) is 5.01 Å². The molecule has 0 aliphatic heterocycles. The number of hydrogen-bond donors (Lipinski definition) is 1. The molecule has 0 saturated heterocycles. The highest BCUT2D eigenvalue weighted by atomic mass is 32.1. The first-order chi connectivity index (χ1) is 14.0. The fraction of sp³-hybridized carbons (Fsp3) is 0.286. The van der Waals surface area contributed by atoms with E-state index in [1.54, 1.807) is 6.20 Å². The lowest BCUT2D eigenvalue weighted by Crippen LogP contribution is -2.13. The Bertz CT molecular complexity index is 1190. The van der Waals surface area contributed by atoms with Crippen LogP contribution in [0.1, 0.15) is 47.7 Å². The fourth-order valence-electron chi connectivity index (χ4n) is 3.19. The molecule has 0 bridgehead atoms. The molecule has 148 valence electrons. The van der Waals surface area contributed by atoms with E-state index >= 15 is 0 Å². The highest BCUT2D eigenvalue weighted by molar-refractivity contribution is 7.15. The summed E-state index contributed by atoms with van der Waals surface area (Å²) in [6, 6.07) is 9.96. The molecule has 0 spiro atoms. The van der Waals surface area contributed by atoms with Crippen LogP contribution in [0.4, 0.5) is 5.13 Å². The van der Waals surface area contributed by atoms with Gasteiger partial charge in [0.25, 0.3) is 5.91 Å². The van der Waals surface area contributed by atoms with Crippen molar-refractivity contribution in [1.29, 1.82) is 0 Å². The Balaban J connectivity index is 1.85. The molecular formula is C21H22N6OS. The predicted molar refractivity (Wildman–Crippen MR) is 115 cm³/mol. The van der Waals surface area contributed by atoms with E-state index in [-0.39, 0.29) is 11.9 Å². The fourth-order valence-corrected chi connectivity index (χ4v) is 3.87. The summed E-state index contributed by atoms with van der Waals surface area (Å²) in [4.78, 5) is 18.0. The van der Waals surface area contributed by atoms with Crippen molar-refractivity contribution in [3.63, 3.8) is 0 Å². The van der Waals surface area contributed by atoms with E-state index in [9.17, 15) is 4.79 Å². The van der Waals surface area contributed by atoms with Gasteiger partial charge in [0.05, 0.1) is 22.8 Å². The monoisotopic (exact) mass is 406 g/mol. The summed E-state index contributed by atoms with van der Waals surface area (Å²) in [5, 5.41) is 17.6. The van der Waals surface area contributed by atoms with Gasteiger partial charge in [0.15, 0.2) is 5.65 Å². The predicted octanol–water partition coefficient (Wildman–Crippen LogP) is 4.65. The number of anilines is 1. The van der Waals surface area contributed by atoms with Crippen molar-refractivity contribution in [2.45, 2.75) is 40.2 Å². The Kier molecular flexibility index (Phi) is 5.10. The van der Waals surface area contributed by atoms with Crippen LogP contribution in [0.2, 0.25) is 0 Å². The third-order valence-electron chi connectivity index (χ3n) is 4.71. The zero-order valence-corrected chi connectivity index (χ0v) is 17.6. The standard InChI is InChI=1S/C21H22N6OS/c1-5-18-25-26-21(29-18)24-20(28)15-10-17(14-9-7-6-8-13(14)4)23-19-16(15)11-22-27(19)12(2)3/h6-12H,5H2,1-4H3,(H,24,26,28). The van der Waals surface area contributed by atoms with Crippen LogP contribution in [0.3, 0.4) is 0 Å². The van der Waals surface area contributed by atoms with Crippen LogP contribution in [0.25, 0.3) is 22.3 Å². The Labute approximate surface area is 172 Å². The first-order valence-electron chi connectivity index (χ1n) is 9.56. The zero-order valence-electron chi connectivity index (χ0n) is 16.8. The number of nitrogens with zero attached hydrogens (tertiary/aromatic N) is 5. The molecule has 7 nitrogen and oxygen atoms in total. The zero-order chi connectivity index (χ0) is 20.5. The van der Waals surface area contributed by atoms with Gasteiger partial charge in [-0.1, -0.05) is 42.5 Å². The van der Waals surface area contributed by atoms with Gasteiger partial charge in [-0.3, -0.25) is 10.1 Å². The molecule has 4 rings (SSSR count). The van der Waals surface area contributed by atoms with Gasteiger partial charge < -0.3 is 0 Å². The number of fused-ring (bicyclic) bond motifs is 1. The minimum Gasteiger partial charge on any atom is -0.296 e. The largest absolute Gasteiger partial charge is 0.296 e. The van der Waals surface area contributed by atoms with Crippen LogP contribution in [-0.2, 0) is 6.42 Å². The third kappa shape index (κ3) is 3.63. The number of nitrogens with one attached hydrogen (secondary N) is 1. The molecule has 3 aromatic heterocycles. The van der Waals surface area contributed by atoms with Crippen LogP contribution in [0.15, 0.2) is 36.5 Å². The van der Waals surface area contributed by atoms with Crippen LogP contribution in [0.5, 0.6) is 0 Å². The molecule has 0 saturated carbocycles. The lowest BCUT2D eigenvalue weighted by Gasteiger charge is -2.11. The third-order valence-corrected chi connectivity index (χ3v) is 5.69. The number of pyridine rings is 1. The van der Waals surface area contributed by atoms with E-state index < -0.39 is 0 Å². The van der Waals surface area contributed by atoms with E-state index in [0.717, 1.165) is 28.2 Å². The number of aromatic nitrogens is 5. The quantitative estimate of drug-likeness (QED) is 0.521. The number of carbonyl (C=O) groups excluding carboxylic acids is 1. The molecule has 1 amide bonds. The highest BCUT2D eigenvalue weighted by Gasteiger charge is 2.20. The second-order valence-corrected chi connectivity index (χ2v) is 8.16. The molecule has 0 aliphatic rings. The SMILES string of the molecule is CCc1nnc(NC(=O)c2cc(-c3ccccc3C)nc3c2cnn3C(C)C)s1. The molecule has 0 fully saturated rings. The first kappa shape index (κ1) is 19.2. The molecule has 0 aliphatic carbocycles. The Morgan fingerprint density at radius 2 is 2.03 bits per heavy atom. The maximum atomic E-state index is 13.1. The van der Waals surface area contributed by atoms with Crippen molar-refractivity contribution in [1.82, 2.24) is 25.0 Å². The summed E-state index contributed by atoms with van der Waals surface area (Å²) in [5.74, 6) is -0.241. The summed E-state index contributed by atoms with van der Waals surface area (Å²) < 4.78 is 1.84. The van der Waals surface area contributed by atoms with Crippen molar-refractivity contribution >= 4 is 33.4 Å². The Morgan fingerprint density at radius 3 is 2.72 bits per heavy atom. The molecule has 29 heavy (non-hydrogen) atoms. The molecule has 0 atom stereocenters. The van der Waals surface area contributed by atoms with Gasteiger partial charge in [0, 0.05) is 11.6 Å². The summed E-state index contributed by atoms with van der Waals surface area (Å²) >= 11 is 1.38. The summed E-state index contributed by atoms with van der Waals surface area (Å²) in [6.07, 6.45) is 2.49. The number of amides is 1. The Hall–Kier alpha value is -3.13. The molecule has 8 heteroatoms. The maximum absolute atomic E-state index is 13.1. The number of benzene rings is 1. The average molecular weight is 407 g/mol. The topological polar surface area (TPSA) is 85.6 Å². The molecule has 0 radical (unpaired) electrons. The van der Waals surface area contributed by atoms with E-state index in [0.29, 0.717) is 21.7 Å². The minimum atomic E-state index is -0.241. The molecular weight excluding hydrogens is 384 g/mol. The molecule has 0 unspecified atom stereocenters. The van der Waals surface area contributed by atoms with E-state index in [4.69, 9.17) is 4.98 Å². The molecule has 3 heterocycles. The molecule has 4 aromatic rings. The summed E-state index contributed by atoms with van der Waals surface area (Å²) in [7, 11) is 0. The van der Waals surface area contributed by atoms with Crippen molar-refractivity contribution in [2.24, 2.45) is 0 Å². The van der Waals surface area contributed by atoms with Crippen LogP contribution < -0.4 is 5.32 Å². The van der Waals surface area contributed by atoms with Gasteiger partial charge >= 0.3 is 0 Å². The van der Waals surface area contributed by atoms with Gasteiger partial charge in [0.2, 0.25) is 5.13 Å². The average Bonchev–Trinajstić information content (AvgIpc) is 3.34. The second kappa shape index (κ2) is 7.71. The molecule has 1 N–H and O–H groups in total. The summed E-state index contributed by atoms with van der Waals surface area (Å²) in [6.45, 7) is 8.13. The van der Waals surface area contributed by atoms with E-state index in [1.165, 1.54) is 11.3 Å². The number of hydrogen-bond acceptors (Lipinski definition) is 6. The second-order valence-electron chi connectivity index (χ2n) is 7.10. The number of carbonyl (C=O) groups is 1.